The van der Waals surface area contributed by atoms with Gasteiger partial charge in [-0.05, 0) is 30.0 Å². The van der Waals surface area contributed by atoms with Crippen molar-refractivity contribution in [2.45, 2.75) is 31.5 Å². The number of hydrogen-bond acceptors (Lipinski definition) is 5. The number of piperidine rings is 1. The topological polar surface area (TPSA) is 67.1 Å². The molecular weight excluding hydrogens is 374 g/mol. The first-order chi connectivity index (χ1) is 14.8. The van der Waals surface area contributed by atoms with E-state index < -0.39 is 6.10 Å². The standard InChI is InChI=1S/C24H25N5O/c30-24(19-6-2-1-3-7-19)22-17-29(27-26-22)21-11-14-28(15-12-21)16-20-9-4-8-18-10-5-13-25-23(18)20/h1-10,13,17,21,24,30H,11-12,14-16H2/t24-/m0/s1. The van der Waals surface area contributed by atoms with E-state index in [1.807, 2.05) is 53.5 Å². The highest BCUT2D eigenvalue weighted by Gasteiger charge is 2.23. The van der Waals surface area contributed by atoms with Crippen molar-refractivity contribution in [1.29, 1.82) is 0 Å². The summed E-state index contributed by atoms with van der Waals surface area (Å²) in [4.78, 5) is 7.06. The van der Waals surface area contributed by atoms with Crippen molar-refractivity contribution >= 4 is 10.9 Å². The van der Waals surface area contributed by atoms with Crippen LogP contribution < -0.4 is 0 Å². The molecule has 1 aliphatic rings. The molecule has 6 nitrogen and oxygen atoms in total. The largest absolute Gasteiger partial charge is 0.382 e. The minimum atomic E-state index is -0.737. The van der Waals surface area contributed by atoms with E-state index in [1.54, 1.807) is 0 Å². The number of nitrogens with zero attached hydrogens (tertiary/aromatic N) is 5. The van der Waals surface area contributed by atoms with Gasteiger partial charge in [-0.25, -0.2) is 4.68 Å². The molecule has 4 aromatic rings. The Balaban J connectivity index is 1.23. The molecule has 2 aromatic carbocycles. The van der Waals surface area contributed by atoms with Crippen LogP contribution in [0.15, 0.2) is 73.1 Å². The van der Waals surface area contributed by atoms with Crippen molar-refractivity contribution in [1.82, 2.24) is 24.9 Å². The smallest absolute Gasteiger partial charge is 0.124 e. The van der Waals surface area contributed by atoms with Gasteiger partial charge in [-0.1, -0.05) is 59.8 Å². The average Bonchev–Trinajstić information content (AvgIpc) is 3.30. The van der Waals surface area contributed by atoms with Crippen LogP contribution in [-0.4, -0.2) is 43.1 Å². The van der Waals surface area contributed by atoms with Crippen LogP contribution in [0, 0.1) is 0 Å². The van der Waals surface area contributed by atoms with E-state index in [4.69, 9.17) is 0 Å². The van der Waals surface area contributed by atoms with E-state index in [-0.39, 0.29) is 0 Å². The summed E-state index contributed by atoms with van der Waals surface area (Å²) in [6, 6.07) is 20.4. The maximum atomic E-state index is 10.6. The Kier molecular flexibility index (Phi) is 5.26. The van der Waals surface area contributed by atoms with Crippen molar-refractivity contribution < 1.29 is 5.11 Å². The lowest BCUT2D eigenvalue weighted by molar-refractivity contribution is 0.172. The number of fused-ring (bicyclic) bond motifs is 1. The molecule has 0 saturated carbocycles. The molecule has 0 radical (unpaired) electrons. The van der Waals surface area contributed by atoms with Crippen molar-refractivity contribution in [3.8, 4) is 0 Å². The molecule has 0 spiro atoms. The van der Waals surface area contributed by atoms with Crippen LogP contribution in [0.5, 0.6) is 0 Å². The van der Waals surface area contributed by atoms with Gasteiger partial charge in [-0.2, -0.15) is 0 Å². The van der Waals surface area contributed by atoms with Gasteiger partial charge >= 0.3 is 0 Å². The Labute approximate surface area is 175 Å². The van der Waals surface area contributed by atoms with Crippen LogP contribution in [0.25, 0.3) is 10.9 Å². The first-order valence-electron chi connectivity index (χ1n) is 10.5. The number of aliphatic hydroxyl groups excluding tert-OH is 1. The van der Waals surface area contributed by atoms with Gasteiger partial charge in [0, 0.05) is 31.2 Å². The Morgan fingerprint density at radius 2 is 1.77 bits per heavy atom. The molecule has 6 heteroatoms. The van der Waals surface area contributed by atoms with E-state index in [9.17, 15) is 5.11 Å². The SMILES string of the molecule is O[C@@H](c1ccccc1)c1cn(C2CCN(Cc3cccc4cccnc34)CC2)nn1. The Hall–Kier alpha value is -3.09. The Bertz CT molecular complexity index is 1110. The fourth-order valence-electron chi connectivity index (χ4n) is 4.28. The highest BCUT2D eigenvalue weighted by Crippen LogP contribution is 2.26. The fraction of sp³-hybridized carbons (Fsp3) is 0.292. The van der Waals surface area contributed by atoms with Gasteiger partial charge in [0.05, 0.1) is 17.8 Å². The summed E-state index contributed by atoms with van der Waals surface area (Å²) in [5, 5.41) is 20.3. The third kappa shape index (κ3) is 3.84. The van der Waals surface area contributed by atoms with Gasteiger partial charge < -0.3 is 5.11 Å². The summed E-state index contributed by atoms with van der Waals surface area (Å²) in [6.07, 6.45) is 5.06. The maximum Gasteiger partial charge on any atom is 0.124 e. The number of aromatic nitrogens is 4. The Morgan fingerprint density at radius 3 is 2.60 bits per heavy atom. The molecule has 3 heterocycles. The first-order valence-corrected chi connectivity index (χ1v) is 10.5. The molecule has 5 rings (SSSR count). The van der Waals surface area contributed by atoms with Crippen LogP contribution in [0.3, 0.4) is 0 Å². The van der Waals surface area contributed by atoms with Crippen molar-refractivity contribution in [3.05, 3.63) is 89.9 Å². The number of benzene rings is 2. The van der Waals surface area contributed by atoms with Gasteiger partial charge in [-0.15, -0.1) is 5.10 Å². The monoisotopic (exact) mass is 399 g/mol. The number of pyridine rings is 1. The zero-order chi connectivity index (χ0) is 20.3. The van der Waals surface area contributed by atoms with E-state index in [2.05, 4.69) is 44.5 Å². The highest BCUT2D eigenvalue weighted by atomic mass is 16.3. The lowest BCUT2D eigenvalue weighted by Gasteiger charge is -2.31. The third-order valence-electron chi connectivity index (χ3n) is 5.96. The molecule has 1 fully saturated rings. The second-order valence-electron chi connectivity index (χ2n) is 7.94. The van der Waals surface area contributed by atoms with Crippen molar-refractivity contribution in [2.75, 3.05) is 13.1 Å². The second kappa shape index (κ2) is 8.34. The molecule has 2 aromatic heterocycles. The van der Waals surface area contributed by atoms with Gasteiger partial charge in [0.2, 0.25) is 0 Å². The minimum Gasteiger partial charge on any atom is -0.382 e. The van der Waals surface area contributed by atoms with Crippen LogP contribution in [0.1, 0.15) is 41.8 Å². The van der Waals surface area contributed by atoms with Crippen LogP contribution in [-0.2, 0) is 6.54 Å². The molecule has 30 heavy (non-hydrogen) atoms. The van der Waals surface area contributed by atoms with Gasteiger partial charge in [-0.3, -0.25) is 9.88 Å². The quantitative estimate of drug-likeness (QED) is 0.554. The molecule has 0 bridgehead atoms. The number of aliphatic hydroxyl groups is 1. The van der Waals surface area contributed by atoms with E-state index in [0.717, 1.165) is 43.6 Å². The molecule has 1 saturated heterocycles. The molecule has 0 aliphatic carbocycles. The number of likely N-dealkylation sites (tertiary alicyclic amines) is 1. The molecule has 1 N–H and O–H groups in total. The number of rotatable bonds is 5. The second-order valence-corrected chi connectivity index (χ2v) is 7.94. The summed E-state index contributed by atoms with van der Waals surface area (Å²) in [6.45, 7) is 2.92. The number of para-hydroxylation sites is 1. The number of hydrogen-bond donors (Lipinski definition) is 1. The predicted molar refractivity (Wildman–Crippen MR) is 116 cm³/mol. The molecule has 0 amide bonds. The van der Waals surface area contributed by atoms with E-state index >= 15 is 0 Å². The first kappa shape index (κ1) is 18.9. The molecule has 1 atom stereocenters. The van der Waals surface area contributed by atoms with Crippen molar-refractivity contribution in [2.24, 2.45) is 0 Å². The summed E-state index contributed by atoms with van der Waals surface area (Å²) >= 11 is 0. The van der Waals surface area contributed by atoms with Crippen LogP contribution in [0.2, 0.25) is 0 Å². The predicted octanol–water partition coefficient (Wildman–Crippen LogP) is 3.75. The normalized spacial score (nSPS) is 16.7. The Morgan fingerprint density at radius 1 is 0.967 bits per heavy atom. The highest BCUT2D eigenvalue weighted by molar-refractivity contribution is 5.81. The van der Waals surface area contributed by atoms with Gasteiger partial charge in [0.1, 0.15) is 11.8 Å². The van der Waals surface area contributed by atoms with Gasteiger partial charge in [0.25, 0.3) is 0 Å². The van der Waals surface area contributed by atoms with Crippen molar-refractivity contribution in [3.63, 3.8) is 0 Å². The van der Waals surface area contributed by atoms with E-state index in [1.165, 1.54) is 10.9 Å². The van der Waals surface area contributed by atoms with Crippen LogP contribution in [0.4, 0.5) is 0 Å². The fourth-order valence-corrected chi connectivity index (χ4v) is 4.28. The summed E-state index contributed by atoms with van der Waals surface area (Å²) in [5.74, 6) is 0. The zero-order valence-electron chi connectivity index (χ0n) is 16.8. The summed E-state index contributed by atoms with van der Waals surface area (Å²) in [5.41, 5.74) is 3.81. The minimum absolute atomic E-state index is 0.316. The lowest BCUT2D eigenvalue weighted by Crippen LogP contribution is -2.34. The molecule has 0 unspecified atom stereocenters. The average molecular weight is 399 g/mol. The van der Waals surface area contributed by atoms with Crippen LogP contribution >= 0.6 is 0 Å². The maximum absolute atomic E-state index is 10.6. The summed E-state index contributed by atoms with van der Waals surface area (Å²) in [7, 11) is 0. The molecular formula is C24H25N5O. The third-order valence-corrected chi connectivity index (χ3v) is 5.96. The molecule has 152 valence electrons. The zero-order valence-corrected chi connectivity index (χ0v) is 16.8. The molecule has 1 aliphatic heterocycles. The van der Waals surface area contributed by atoms with E-state index in [0.29, 0.717) is 11.7 Å². The lowest BCUT2D eigenvalue weighted by atomic mass is 10.0. The summed E-state index contributed by atoms with van der Waals surface area (Å²) < 4.78 is 1.93. The van der Waals surface area contributed by atoms with Gasteiger partial charge in [0.15, 0.2) is 0 Å².